The molecule has 2 heterocycles. The summed E-state index contributed by atoms with van der Waals surface area (Å²) in [6.45, 7) is 3.20. The number of aliphatic hydroxyl groups is 1. The molecular formula is C28H33N7O2. The van der Waals surface area contributed by atoms with E-state index in [1.165, 1.54) is 0 Å². The van der Waals surface area contributed by atoms with E-state index in [0.29, 0.717) is 29.4 Å². The maximum atomic E-state index is 13.1. The first-order valence-corrected chi connectivity index (χ1v) is 12.8. The molecule has 1 amide bonds. The molecule has 0 atom stereocenters. The van der Waals surface area contributed by atoms with Gasteiger partial charge in [-0.3, -0.25) is 9.78 Å². The molecule has 4 rings (SSSR count). The number of pyridine rings is 1. The Hall–Kier alpha value is -4.03. The summed E-state index contributed by atoms with van der Waals surface area (Å²) >= 11 is 0. The highest BCUT2D eigenvalue weighted by atomic mass is 16.3. The summed E-state index contributed by atoms with van der Waals surface area (Å²) in [5.74, 6) is 0.725. The number of benzene rings is 1. The number of hydrogen-bond acceptors (Lipinski definition) is 8. The van der Waals surface area contributed by atoms with Crippen LogP contribution in [0.2, 0.25) is 0 Å². The lowest BCUT2D eigenvalue weighted by Gasteiger charge is -2.27. The van der Waals surface area contributed by atoms with Gasteiger partial charge in [0.15, 0.2) is 0 Å². The van der Waals surface area contributed by atoms with Gasteiger partial charge in [0, 0.05) is 37.1 Å². The van der Waals surface area contributed by atoms with E-state index in [2.05, 4.69) is 43.9 Å². The lowest BCUT2D eigenvalue weighted by Crippen LogP contribution is -2.31. The minimum atomic E-state index is -0.269. The van der Waals surface area contributed by atoms with E-state index in [9.17, 15) is 9.90 Å². The van der Waals surface area contributed by atoms with Crippen molar-refractivity contribution in [1.82, 2.24) is 20.3 Å². The largest absolute Gasteiger partial charge is 0.393 e. The second-order valence-electron chi connectivity index (χ2n) is 9.31. The molecule has 0 spiro atoms. The molecule has 0 unspecified atom stereocenters. The number of anilines is 2. The van der Waals surface area contributed by atoms with Gasteiger partial charge in [0.2, 0.25) is 5.95 Å². The second kappa shape index (κ2) is 12.8. The quantitative estimate of drug-likeness (QED) is 0.304. The molecule has 1 saturated carbocycles. The van der Waals surface area contributed by atoms with Gasteiger partial charge >= 0.3 is 0 Å². The molecule has 0 aliphatic heterocycles. The average Bonchev–Trinajstić information content (AvgIpc) is 2.94. The zero-order valence-electron chi connectivity index (χ0n) is 21.1. The van der Waals surface area contributed by atoms with Crippen LogP contribution in [-0.4, -0.2) is 44.7 Å². The van der Waals surface area contributed by atoms with Crippen molar-refractivity contribution in [3.63, 3.8) is 0 Å². The molecule has 4 N–H and O–H groups in total. The van der Waals surface area contributed by atoms with E-state index in [1.54, 1.807) is 24.5 Å². The predicted molar refractivity (Wildman–Crippen MR) is 143 cm³/mol. The number of unbranched alkanes of at least 4 members (excludes halogenated alkanes) is 1. The molecule has 1 aliphatic carbocycles. The lowest BCUT2D eigenvalue weighted by molar-refractivity contribution is 0.0950. The number of nitrogens with zero attached hydrogens (tertiary/aromatic N) is 4. The molecule has 1 aromatic carbocycles. The van der Waals surface area contributed by atoms with Gasteiger partial charge in [0.1, 0.15) is 11.4 Å². The molecular weight excluding hydrogens is 466 g/mol. The maximum absolute atomic E-state index is 13.1. The molecule has 0 radical (unpaired) electrons. The molecule has 3 aromatic rings. The molecule has 9 nitrogen and oxygen atoms in total. The Balaban J connectivity index is 1.42. The summed E-state index contributed by atoms with van der Waals surface area (Å²) in [4.78, 5) is 26.6. The van der Waals surface area contributed by atoms with Crippen molar-refractivity contribution in [1.29, 1.82) is 5.26 Å². The SMILES string of the molecule is CCCCNc1ncc(C(=O)NCc2ccc(-c3ccc(C#N)cc3)nc2)c(NC2CCC(O)CC2)n1. The smallest absolute Gasteiger partial charge is 0.256 e. The summed E-state index contributed by atoms with van der Waals surface area (Å²) in [5, 5.41) is 28.4. The van der Waals surface area contributed by atoms with Gasteiger partial charge in [-0.25, -0.2) is 4.98 Å². The van der Waals surface area contributed by atoms with Gasteiger partial charge in [-0.2, -0.15) is 10.2 Å². The summed E-state index contributed by atoms with van der Waals surface area (Å²) < 4.78 is 0. The number of aliphatic hydroxyl groups excluding tert-OH is 1. The van der Waals surface area contributed by atoms with Gasteiger partial charge in [-0.15, -0.1) is 0 Å². The molecule has 1 fully saturated rings. The Morgan fingerprint density at radius 1 is 1.08 bits per heavy atom. The van der Waals surface area contributed by atoms with Crippen LogP contribution in [0.25, 0.3) is 11.3 Å². The maximum Gasteiger partial charge on any atom is 0.256 e. The van der Waals surface area contributed by atoms with E-state index in [0.717, 1.165) is 61.9 Å². The van der Waals surface area contributed by atoms with Crippen molar-refractivity contribution in [3.8, 4) is 17.3 Å². The summed E-state index contributed by atoms with van der Waals surface area (Å²) in [6.07, 6.45) is 8.22. The second-order valence-corrected chi connectivity index (χ2v) is 9.31. The third-order valence-corrected chi connectivity index (χ3v) is 6.47. The summed E-state index contributed by atoms with van der Waals surface area (Å²) in [6, 6.07) is 13.3. The molecule has 0 bridgehead atoms. The molecule has 1 aliphatic rings. The first-order chi connectivity index (χ1) is 18.1. The van der Waals surface area contributed by atoms with E-state index in [1.807, 2.05) is 24.3 Å². The number of carbonyl (C=O) groups is 1. The first kappa shape index (κ1) is 26.0. The summed E-state index contributed by atoms with van der Waals surface area (Å²) in [7, 11) is 0. The third kappa shape index (κ3) is 7.24. The van der Waals surface area contributed by atoms with Crippen LogP contribution in [0.4, 0.5) is 11.8 Å². The van der Waals surface area contributed by atoms with E-state index < -0.39 is 0 Å². The van der Waals surface area contributed by atoms with Crippen LogP contribution in [0.3, 0.4) is 0 Å². The van der Waals surface area contributed by atoms with Crippen LogP contribution in [0.1, 0.15) is 66.9 Å². The molecule has 0 saturated heterocycles. The Kier molecular flexibility index (Phi) is 9.00. The monoisotopic (exact) mass is 499 g/mol. The zero-order valence-corrected chi connectivity index (χ0v) is 21.1. The highest BCUT2D eigenvalue weighted by Gasteiger charge is 2.22. The predicted octanol–water partition coefficient (Wildman–Crippen LogP) is 4.27. The minimum absolute atomic E-state index is 0.146. The van der Waals surface area contributed by atoms with E-state index in [4.69, 9.17) is 5.26 Å². The fraction of sp³-hybridized carbons (Fsp3) is 0.393. The highest BCUT2D eigenvalue weighted by molar-refractivity contribution is 5.98. The van der Waals surface area contributed by atoms with Crippen molar-refractivity contribution in [2.45, 2.75) is 64.1 Å². The Morgan fingerprint density at radius 2 is 1.86 bits per heavy atom. The number of carbonyl (C=O) groups excluding carboxylic acids is 1. The van der Waals surface area contributed by atoms with Crippen molar-refractivity contribution >= 4 is 17.7 Å². The summed E-state index contributed by atoms with van der Waals surface area (Å²) in [5.41, 5.74) is 3.56. The molecule has 192 valence electrons. The van der Waals surface area contributed by atoms with Gasteiger partial charge in [0.25, 0.3) is 5.91 Å². The van der Waals surface area contributed by atoms with Gasteiger partial charge in [-0.1, -0.05) is 31.5 Å². The topological polar surface area (TPSA) is 136 Å². The Bertz CT molecular complexity index is 1210. The fourth-order valence-electron chi connectivity index (χ4n) is 4.23. The number of nitrogens with one attached hydrogen (secondary N) is 3. The van der Waals surface area contributed by atoms with Crippen LogP contribution in [0.15, 0.2) is 48.8 Å². The number of nitriles is 1. The van der Waals surface area contributed by atoms with E-state index >= 15 is 0 Å². The van der Waals surface area contributed by atoms with Crippen molar-refractivity contribution < 1.29 is 9.90 Å². The molecule has 2 aromatic heterocycles. The first-order valence-electron chi connectivity index (χ1n) is 12.8. The molecule has 37 heavy (non-hydrogen) atoms. The number of rotatable bonds is 10. The van der Waals surface area contributed by atoms with Crippen LogP contribution in [0.5, 0.6) is 0 Å². The normalized spacial score (nSPS) is 17.0. The zero-order chi connectivity index (χ0) is 26.0. The number of aromatic nitrogens is 3. The highest BCUT2D eigenvalue weighted by Crippen LogP contribution is 2.24. The van der Waals surface area contributed by atoms with Crippen molar-refractivity contribution in [3.05, 3.63) is 65.5 Å². The number of amides is 1. The van der Waals surface area contributed by atoms with Gasteiger partial charge < -0.3 is 21.1 Å². The third-order valence-electron chi connectivity index (χ3n) is 6.47. The van der Waals surface area contributed by atoms with Crippen LogP contribution in [0, 0.1) is 11.3 Å². The van der Waals surface area contributed by atoms with Gasteiger partial charge in [-0.05, 0) is 55.9 Å². The van der Waals surface area contributed by atoms with Crippen LogP contribution >= 0.6 is 0 Å². The van der Waals surface area contributed by atoms with Gasteiger partial charge in [0.05, 0.1) is 23.4 Å². The fourth-order valence-corrected chi connectivity index (χ4v) is 4.23. The Labute approximate surface area is 217 Å². The van der Waals surface area contributed by atoms with Crippen molar-refractivity contribution in [2.75, 3.05) is 17.2 Å². The minimum Gasteiger partial charge on any atom is -0.393 e. The lowest BCUT2D eigenvalue weighted by atomic mass is 9.93. The average molecular weight is 500 g/mol. The standard InChI is InChI=1S/C28H33N7O2/c1-2-3-14-30-28-33-18-24(26(35-28)34-22-9-11-23(36)12-10-22)27(37)32-17-20-6-13-25(31-16-20)21-7-4-19(15-29)5-8-21/h4-8,13,16,18,22-23,36H,2-3,9-12,14,17H2,1H3,(H,32,37)(H2,30,33,34,35). The van der Waals surface area contributed by atoms with E-state index in [-0.39, 0.29) is 18.1 Å². The van der Waals surface area contributed by atoms with Crippen LogP contribution < -0.4 is 16.0 Å². The Morgan fingerprint density at radius 3 is 2.54 bits per heavy atom. The van der Waals surface area contributed by atoms with Crippen molar-refractivity contribution in [2.24, 2.45) is 0 Å². The van der Waals surface area contributed by atoms with Crippen LogP contribution in [-0.2, 0) is 6.54 Å². The molecule has 9 heteroatoms. The number of hydrogen-bond donors (Lipinski definition) is 4.